The first kappa shape index (κ1) is 21.4. The molecule has 11 heteroatoms. The molecule has 4 N–H and O–H groups in total. The van der Waals surface area contributed by atoms with Crippen LogP contribution in [0.15, 0.2) is 70.9 Å². The monoisotopic (exact) mass is 470 g/mol. The summed E-state index contributed by atoms with van der Waals surface area (Å²) in [6, 6.07) is 15.5. The van der Waals surface area contributed by atoms with Gasteiger partial charge in [0.25, 0.3) is 15.9 Å². The number of para-hydroxylation sites is 2. The third kappa shape index (κ3) is 4.43. The minimum Gasteiger partial charge on any atom is -0.506 e. The SMILES string of the molecule is COc1ccccc1NS(=O)(=O)c1ccc(O)c(NC(=O)c2cc(-c3cccs3)[nH]n2)c1. The highest BCUT2D eigenvalue weighted by Crippen LogP contribution is 2.30. The summed E-state index contributed by atoms with van der Waals surface area (Å²) in [5.41, 5.74) is 0.949. The number of ether oxygens (including phenoxy) is 1. The zero-order chi connectivity index (χ0) is 22.7. The van der Waals surface area contributed by atoms with Crippen LogP contribution in [0.1, 0.15) is 10.5 Å². The Bertz CT molecular complexity index is 1360. The number of phenols is 1. The number of aromatic hydroxyl groups is 1. The molecule has 0 bridgehead atoms. The number of benzene rings is 2. The number of hydrogen-bond donors (Lipinski definition) is 4. The van der Waals surface area contributed by atoms with Gasteiger partial charge in [0, 0.05) is 0 Å². The van der Waals surface area contributed by atoms with Crippen molar-refractivity contribution in [1.29, 1.82) is 0 Å². The highest BCUT2D eigenvalue weighted by molar-refractivity contribution is 7.92. The van der Waals surface area contributed by atoms with Crippen LogP contribution in [0.4, 0.5) is 11.4 Å². The maximum atomic E-state index is 12.8. The van der Waals surface area contributed by atoms with Crippen molar-refractivity contribution >= 4 is 38.6 Å². The van der Waals surface area contributed by atoms with Gasteiger partial charge < -0.3 is 15.2 Å². The molecule has 0 saturated carbocycles. The number of amides is 1. The third-order valence-corrected chi connectivity index (χ3v) is 6.74. The van der Waals surface area contributed by atoms with Crippen LogP contribution >= 0.6 is 11.3 Å². The molecule has 4 aromatic rings. The summed E-state index contributed by atoms with van der Waals surface area (Å²) >= 11 is 1.49. The summed E-state index contributed by atoms with van der Waals surface area (Å²) in [6.07, 6.45) is 0. The van der Waals surface area contributed by atoms with E-state index in [1.165, 1.54) is 30.6 Å². The first-order valence-corrected chi connectivity index (χ1v) is 11.6. The molecule has 9 nitrogen and oxygen atoms in total. The van der Waals surface area contributed by atoms with Crippen molar-refractivity contribution < 1.29 is 23.1 Å². The van der Waals surface area contributed by atoms with Crippen LogP contribution in [0, 0.1) is 0 Å². The number of carbonyl (C=O) groups excluding carboxylic acids is 1. The summed E-state index contributed by atoms with van der Waals surface area (Å²) in [4.78, 5) is 13.4. The maximum Gasteiger partial charge on any atom is 0.276 e. The van der Waals surface area contributed by atoms with Crippen molar-refractivity contribution in [3.05, 3.63) is 71.7 Å². The van der Waals surface area contributed by atoms with Gasteiger partial charge in [-0.3, -0.25) is 14.6 Å². The van der Waals surface area contributed by atoms with E-state index < -0.39 is 15.9 Å². The predicted octanol–water partition coefficient (Wildman–Crippen LogP) is 3.91. The summed E-state index contributed by atoms with van der Waals surface area (Å²) in [5, 5.41) is 21.3. The van der Waals surface area contributed by atoms with Crippen molar-refractivity contribution in [3.63, 3.8) is 0 Å². The smallest absolute Gasteiger partial charge is 0.276 e. The van der Waals surface area contributed by atoms with Gasteiger partial charge in [-0.2, -0.15) is 5.10 Å². The van der Waals surface area contributed by atoms with E-state index in [2.05, 4.69) is 20.2 Å². The second-order valence-electron chi connectivity index (χ2n) is 6.58. The molecule has 2 aromatic heterocycles. The predicted molar refractivity (Wildman–Crippen MR) is 122 cm³/mol. The minimum absolute atomic E-state index is 0.0708. The molecule has 164 valence electrons. The Morgan fingerprint density at radius 3 is 2.66 bits per heavy atom. The fraction of sp³-hybridized carbons (Fsp3) is 0.0476. The number of anilines is 2. The van der Waals surface area contributed by atoms with Crippen molar-refractivity contribution in [3.8, 4) is 22.1 Å². The molecule has 0 aliphatic carbocycles. The van der Waals surface area contributed by atoms with Crippen LogP contribution in [0.3, 0.4) is 0 Å². The topological polar surface area (TPSA) is 133 Å². The molecule has 2 aromatic carbocycles. The Kier molecular flexibility index (Phi) is 5.84. The minimum atomic E-state index is -4.02. The number of rotatable bonds is 7. The third-order valence-electron chi connectivity index (χ3n) is 4.47. The van der Waals surface area contributed by atoms with Gasteiger partial charge in [-0.15, -0.1) is 11.3 Å². The fourth-order valence-corrected chi connectivity index (χ4v) is 4.69. The Labute approximate surface area is 187 Å². The Morgan fingerprint density at radius 1 is 1.09 bits per heavy atom. The number of H-pyrrole nitrogens is 1. The zero-order valence-corrected chi connectivity index (χ0v) is 18.3. The molecule has 0 aliphatic heterocycles. The van der Waals surface area contributed by atoms with Gasteiger partial charge in [0.2, 0.25) is 0 Å². The van der Waals surface area contributed by atoms with E-state index in [0.29, 0.717) is 11.4 Å². The molecule has 0 fully saturated rings. The zero-order valence-electron chi connectivity index (χ0n) is 16.7. The molecule has 4 rings (SSSR count). The van der Waals surface area contributed by atoms with E-state index >= 15 is 0 Å². The van der Waals surface area contributed by atoms with Gasteiger partial charge >= 0.3 is 0 Å². The molecule has 0 aliphatic rings. The van der Waals surface area contributed by atoms with Gasteiger partial charge in [0.15, 0.2) is 5.69 Å². The highest BCUT2D eigenvalue weighted by atomic mass is 32.2. The van der Waals surface area contributed by atoms with E-state index in [-0.39, 0.29) is 27.7 Å². The maximum absolute atomic E-state index is 12.8. The summed E-state index contributed by atoms with van der Waals surface area (Å²) < 4.78 is 33.3. The lowest BCUT2D eigenvalue weighted by Crippen LogP contribution is -2.16. The summed E-state index contributed by atoms with van der Waals surface area (Å²) in [7, 11) is -2.59. The van der Waals surface area contributed by atoms with Gasteiger partial charge in [-0.05, 0) is 47.8 Å². The quantitative estimate of drug-likeness (QED) is 0.303. The van der Waals surface area contributed by atoms with E-state index in [1.54, 1.807) is 30.3 Å². The molecule has 0 saturated heterocycles. The lowest BCUT2D eigenvalue weighted by atomic mass is 10.2. The number of thiophene rings is 1. The summed E-state index contributed by atoms with van der Waals surface area (Å²) in [5.74, 6) is -0.543. The normalized spacial score (nSPS) is 11.2. The average molecular weight is 471 g/mol. The number of nitrogens with zero attached hydrogens (tertiary/aromatic N) is 1. The molecule has 0 unspecified atom stereocenters. The van der Waals surface area contributed by atoms with Gasteiger partial charge in [-0.25, -0.2) is 8.42 Å². The van der Waals surface area contributed by atoms with Crippen LogP contribution in [0.25, 0.3) is 10.6 Å². The number of hydrogen-bond acceptors (Lipinski definition) is 7. The number of carbonyl (C=O) groups is 1. The van der Waals surface area contributed by atoms with E-state index in [1.807, 2.05) is 17.5 Å². The summed E-state index contributed by atoms with van der Waals surface area (Å²) in [6.45, 7) is 0. The van der Waals surface area contributed by atoms with E-state index in [4.69, 9.17) is 4.74 Å². The molecule has 32 heavy (non-hydrogen) atoms. The number of aromatic amines is 1. The molecular formula is C21H18N4O5S2. The molecule has 2 heterocycles. The van der Waals surface area contributed by atoms with Gasteiger partial charge in [0.1, 0.15) is 11.5 Å². The second-order valence-corrected chi connectivity index (χ2v) is 9.21. The highest BCUT2D eigenvalue weighted by Gasteiger charge is 2.20. The van der Waals surface area contributed by atoms with Gasteiger partial charge in [0.05, 0.1) is 34.0 Å². The van der Waals surface area contributed by atoms with Crippen molar-refractivity contribution in [2.75, 3.05) is 17.1 Å². The molecule has 1 amide bonds. The lowest BCUT2D eigenvalue weighted by molar-refractivity contribution is 0.102. The fourth-order valence-electron chi connectivity index (χ4n) is 2.90. The standard InChI is InChI=1S/C21H18N4O5S2/c1-30-19-6-3-2-5-14(19)25-32(28,29)13-8-9-18(26)15(11-13)22-21(27)17-12-16(23-24-17)20-7-4-10-31-20/h2-12,25-26H,1H3,(H,22,27)(H,23,24). The Balaban J connectivity index is 1.56. The van der Waals surface area contributed by atoms with E-state index in [0.717, 1.165) is 10.9 Å². The van der Waals surface area contributed by atoms with Crippen molar-refractivity contribution in [1.82, 2.24) is 10.2 Å². The largest absolute Gasteiger partial charge is 0.506 e. The Hall–Kier alpha value is -3.83. The first-order chi connectivity index (χ1) is 15.4. The average Bonchev–Trinajstić information content (AvgIpc) is 3.47. The second kappa shape index (κ2) is 8.73. The number of nitrogens with one attached hydrogen (secondary N) is 3. The number of sulfonamides is 1. The van der Waals surface area contributed by atoms with Crippen molar-refractivity contribution in [2.24, 2.45) is 0 Å². The molecule has 0 radical (unpaired) electrons. The van der Waals surface area contributed by atoms with Gasteiger partial charge in [-0.1, -0.05) is 18.2 Å². The van der Waals surface area contributed by atoms with Crippen LogP contribution in [-0.2, 0) is 10.0 Å². The number of phenolic OH excluding ortho intramolecular Hbond substituents is 1. The van der Waals surface area contributed by atoms with E-state index in [9.17, 15) is 18.3 Å². The number of aromatic nitrogens is 2. The van der Waals surface area contributed by atoms with Crippen LogP contribution in [0.2, 0.25) is 0 Å². The first-order valence-electron chi connectivity index (χ1n) is 9.27. The van der Waals surface area contributed by atoms with Crippen LogP contribution in [0.5, 0.6) is 11.5 Å². The molecule has 0 atom stereocenters. The Morgan fingerprint density at radius 2 is 1.91 bits per heavy atom. The lowest BCUT2D eigenvalue weighted by Gasteiger charge is -2.13. The van der Waals surface area contributed by atoms with Crippen molar-refractivity contribution in [2.45, 2.75) is 4.90 Å². The van der Waals surface area contributed by atoms with Crippen LogP contribution in [-0.4, -0.2) is 36.7 Å². The van der Waals surface area contributed by atoms with Crippen LogP contribution < -0.4 is 14.8 Å². The molecule has 0 spiro atoms. The molecular weight excluding hydrogens is 452 g/mol. The number of methoxy groups -OCH3 is 1.